The van der Waals surface area contributed by atoms with Crippen molar-refractivity contribution >= 4 is 37.5 Å². The van der Waals surface area contributed by atoms with Gasteiger partial charge in [-0.05, 0) is 132 Å². The van der Waals surface area contributed by atoms with Gasteiger partial charge < -0.3 is 29.6 Å². The topological polar surface area (TPSA) is 187 Å². The van der Waals surface area contributed by atoms with Gasteiger partial charge >= 0.3 is 31.9 Å². The van der Waals surface area contributed by atoms with Crippen molar-refractivity contribution in [1.29, 1.82) is 0 Å². The van der Waals surface area contributed by atoms with E-state index in [9.17, 15) is 23.7 Å². The predicted molar refractivity (Wildman–Crippen MR) is 204 cm³/mol. The number of rotatable bonds is 13. The number of hydrogen-bond acceptors (Lipinski definition) is 13. The zero-order valence-electron chi connectivity index (χ0n) is 33.8. The molecule has 6 atom stereocenters. The van der Waals surface area contributed by atoms with Crippen LogP contribution in [-0.4, -0.2) is 73.1 Å². The number of ether oxygens (including phenoxy) is 4. The molecule has 1 aromatic heterocycles. The van der Waals surface area contributed by atoms with Gasteiger partial charge in [-0.1, -0.05) is 37.6 Å². The molecule has 0 spiro atoms. The van der Waals surface area contributed by atoms with E-state index in [1.165, 1.54) is 16.7 Å². The van der Waals surface area contributed by atoms with E-state index < -0.39 is 75.9 Å². The maximum atomic E-state index is 14.0. The Morgan fingerprint density at radius 3 is 1.96 bits per heavy atom. The molecule has 1 aromatic rings. The second kappa shape index (κ2) is 17.4. The number of allylic oxidation sites excluding steroid dienone is 3. The van der Waals surface area contributed by atoms with Gasteiger partial charge in [-0.3, -0.25) is 19.1 Å². The van der Waals surface area contributed by atoms with Crippen molar-refractivity contribution in [2.45, 2.75) is 118 Å². The summed E-state index contributed by atoms with van der Waals surface area (Å²) in [7, 11) is -4.51. The summed E-state index contributed by atoms with van der Waals surface area (Å²) >= 11 is 0. The number of carbonyl (C=O) groups is 4. The van der Waals surface area contributed by atoms with Gasteiger partial charge in [-0.15, -0.1) is 0 Å². The highest BCUT2D eigenvalue weighted by Crippen LogP contribution is 2.67. The first-order chi connectivity index (χ1) is 26.2. The molecule has 4 aliphatic rings. The Bertz CT molecular complexity index is 1670. The van der Waals surface area contributed by atoms with E-state index in [0.29, 0.717) is 30.6 Å². The predicted octanol–water partition coefficient (Wildman–Crippen LogP) is 7.62. The molecule has 16 heteroatoms. The lowest BCUT2D eigenvalue weighted by molar-refractivity contribution is -0.153. The fourth-order valence-corrected chi connectivity index (χ4v) is 9.97. The molecule has 0 aromatic carbocycles. The van der Waals surface area contributed by atoms with Crippen molar-refractivity contribution in [1.82, 2.24) is 15.6 Å². The van der Waals surface area contributed by atoms with Crippen molar-refractivity contribution < 1.29 is 56.3 Å². The summed E-state index contributed by atoms with van der Waals surface area (Å²) in [5.74, 6) is -0.241. The number of nitrogens with one attached hydrogen (secondary N) is 2. The van der Waals surface area contributed by atoms with Crippen LogP contribution in [0.1, 0.15) is 106 Å². The number of alkyl carbamates (subject to hydrolysis) is 2. The standard InChI is InChI=1S/C40H58N3O12P/c1-37(2,3)53-35(46)42-22-33(44)49-24-51-56(48,52-25-50-34(45)23-43-36(47)54-38(4,5)6)55-28-15-17-39(7)27(20-28)11-12-29-31-14-13-30(26-10-9-19-41-21-26)40(31,8)18-16-32(29)39/h9-11,13,19,21,28-29,31-32H,12,14-18,20,22-25H2,1-8H3,(H,42,46)(H,43,47)/t28-,29-,31-,32-,39-,40+/m0/s1. The van der Waals surface area contributed by atoms with Gasteiger partial charge in [-0.2, -0.15) is 0 Å². The van der Waals surface area contributed by atoms with E-state index in [1.54, 1.807) is 41.5 Å². The molecule has 0 saturated heterocycles. The highest BCUT2D eigenvalue weighted by molar-refractivity contribution is 7.48. The molecule has 2 amide bonds. The molecule has 2 fully saturated rings. The highest BCUT2D eigenvalue weighted by atomic mass is 31.2. The Kier molecular flexibility index (Phi) is 13.5. The number of aromatic nitrogens is 1. The number of pyridine rings is 1. The summed E-state index contributed by atoms with van der Waals surface area (Å²) < 4.78 is 51.1. The van der Waals surface area contributed by atoms with Crippen LogP contribution in [0.5, 0.6) is 0 Å². The van der Waals surface area contributed by atoms with E-state index in [-0.39, 0.29) is 10.8 Å². The van der Waals surface area contributed by atoms with Gasteiger partial charge in [-0.25, -0.2) is 23.2 Å². The van der Waals surface area contributed by atoms with Crippen LogP contribution in [0.3, 0.4) is 0 Å². The molecule has 2 N–H and O–H groups in total. The van der Waals surface area contributed by atoms with Crippen molar-refractivity contribution in [2.24, 2.45) is 28.6 Å². The summed E-state index contributed by atoms with van der Waals surface area (Å²) in [6, 6.07) is 4.16. The Morgan fingerprint density at radius 1 is 0.821 bits per heavy atom. The minimum absolute atomic E-state index is 0.0554. The molecule has 0 aliphatic heterocycles. The van der Waals surface area contributed by atoms with E-state index in [2.05, 4.69) is 47.7 Å². The molecule has 15 nitrogen and oxygen atoms in total. The second-order valence-electron chi connectivity index (χ2n) is 17.5. The van der Waals surface area contributed by atoms with E-state index in [1.807, 2.05) is 18.5 Å². The van der Waals surface area contributed by atoms with E-state index in [0.717, 1.165) is 32.1 Å². The Hall–Kier alpha value is -3.78. The van der Waals surface area contributed by atoms with Gasteiger partial charge in [0.2, 0.25) is 13.6 Å². The number of phosphoric ester groups is 1. The normalized spacial score (nSPS) is 27.3. The number of amides is 2. The lowest BCUT2D eigenvalue weighted by atomic mass is 9.47. The molecule has 4 aliphatic carbocycles. The molecular formula is C40H58N3O12P. The monoisotopic (exact) mass is 803 g/mol. The first-order valence-electron chi connectivity index (χ1n) is 19.3. The number of phosphoric acid groups is 1. The summed E-state index contributed by atoms with van der Waals surface area (Å²) in [4.78, 5) is 52.9. The molecule has 56 heavy (non-hydrogen) atoms. The van der Waals surface area contributed by atoms with Crippen LogP contribution >= 0.6 is 7.82 Å². The maximum absolute atomic E-state index is 14.0. The molecule has 0 unspecified atom stereocenters. The minimum Gasteiger partial charge on any atom is -0.444 e. The third kappa shape index (κ3) is 11.0. The zero-order valence-corrected chi connectivity index (χ0v) is 34.7. The Morgan fingerprint density at radius 2 is 1.41 bits per heavy atom. The second-order valence-corrected chi connectivity index (χ2v) is 19.1. The van der Waals surface area contributed by atoms with Crippen LogP contribution in [0.15, 0.2) is 42.3 Å². The molecule has 310 valence electrons. The van der Waals surface area contributed by atoms with Crippen LogP contribution in [-0.2, 0) is 46.7 Å². The summed E-state index contributed by atoms with van der Waals surface area (Å²) in [6.07, 6.45) is 12.4. The number of esters is 2. The maximum Gasteiger partial charge on any atom is 0.480 e. The van der Waals surface area contributed by atoms with Crippen LogP contribution in [0.2, 0.25) is 0 Å². The van der Waals surface area contributed by atoms with Crippen molar-refractivity contribution in [3.05, 3.63) is 47.8 Å². The van der Waals surface area contributed by atoms with Gasteiger partial charge in [0.15, 0.2) is 0 Å². The van der Waals surface area contributed by atoms with Crippen LogP contribution in [0.4, 0.5) is 9.59 Å². The SMILES string of the molecule is CC(C)(C)OC(=O)NCC(=O)OCOP(=O)(OCOC(=O)CNC(=O)OC(C)(C)C)O[C@H]1CC[C@@]2(C)C(=CC[C@@H]3[C@@H]2CC[C@]2(C)C(c4cccnc4)=CC[C@@H]32)C1. The minimum atomic E-state index is -4.51. The number of fused-ring (bicyclic) bond motifs is 5. The summed E-state index contributed by atoms with van der Waals surface area (Å²) in [5.41, 5.74) is 2.38. The Balaban J connectivity index is 1.20. The van der Waals surface area contributed by atoms with Crippen molar-refractivity contribution in [3.8, 4) is 0 Å². The van der Waals surface area contributed by atoms with Gasteiger partial charge in [0.1, 0.15) is 24.3 Å². The third-order valence-corrected chi connectivity index (χ3v) is 12.7. The van der Waals surface area contributed by atoms with E-state index >= 15 is 0 Å². The molecule has 5 rings (SSSR count). The lowest BCUT2D eigenvalue weighted by Gasteiger charge is -2.58. The van der Waals surface area contributed by atoms with E-state index in [4.69, 9.17) is 32.5 Å². The first kappa shape index (κ1) is 43.3. The number of carbonyl (C=O) groups excluding carboxylic acids is 4. The summed E-state index contributed by atoms with van der Waals surface area (Å²) in [5, 5.41) is 4.55. The molecule has 0 radical (unpaired) electrons. The smallest absolute Gasteiger partial charge is 0.444 e. The fourth-order valence-electron chi connectivity index (χ4n) is 8.87. The number of nitrogens with zero attached hydrogens (tertiary/aromatic N) is 1. The molecule has 1 heterocycles. The third-order valence-electron chi connectivity index (χ3n) is 11.3. The highest BCUT2D eigenvalue weighted by Gasteiger charge is 2.57. The van der Waals surface area contributed by atoms with Crippen molar-refractivity contribution in [2.75, 3.05) is 26.7 Å². The average molecular weight is 804 g/mol. The zero-order chi connectivity index (χ0) is 40.9. The fraction of sp³-hybridized carbons (Fsp3) is 0.675. The van der Waals surface area contributed by atoms with Crippen LogP contribution in [0, 0.1) is 28.6 Å². The van der Waals surface area contributed by atoms with Crippen molar-refractivity contribution in [3.63, 3.8) is 0 Å². The quantitative estimate of drug-likeness (QED) is 0.0653. The first-order valence-corrected chi connectivity index (χ1v) is 20.8. The van der Waals surface area contributed by atoms with Gasteiger partial charge in [0, 0.05) is 12.4 Å². The molecule has 0 bridgehead atoms. The Labute approximate surface area is 329 Å². The van der Waals surface area contributed by atoms with Crippen LogP contribution in [0.25, 0.3) is 5.57 Å². The molecular weight excluding hydrogens is 745 g/mol. The van der Waals surface area contributed by atoms with Gasteiger partial charge in [0.05, 0.1) is 6.10 Å². The largest absolute Gasteiger partial charge is 0.480 e. The lowest BCUT2D eigenvalue weighted by Crippen LogP contribution is -2.50. The summed E-state index contributed by atoms with van der Waals surface area (Å²) in [6.45, 7) is 12.1. The molecule has 2 saturated carbocycles. The van der Waals surface area contributed by atoms with Gasteiger partial charge in [0.25, 0.3) is 0 Å². The van der Waals surface area contributed by atoms with Crippen LogP contribution < -0.4 is 10.6 Å². The average Bonchev–Trinajstić information content (AvgIpc) is 3.46. The number of hydrogen-bond donors (Lipinski definition) is 2.